The maximum atomic E-state index is 12.1. The van der Waals surface area contributed by atoms with Crippen molar-refractivity contribution in [1.82, 2.24) is 4.31 Å². The molecule has 2 N–H and O–H groups in total. The molecule has 0 saturated heterocycles. The molecule has 0 aliphatic carbocycles. The summed E-state index contributed by atoms with van der Waals surface area (Å²) in [5.41, 5.74) is 7.46. The van der Waals surface area contributed by atoms with E-state index in [1.165, 1.54) is 24.5 Å². The van der Waals surface area contributed by atoms with Crippen LogP contribution in [-0.2, 0) is 10.0 Å². The maximum Gasteiger partial charge on any atom is 0.242 e. The summed E-state index contributed by atoms with van der Waals surface area (Å²) in [6.07, 6.45) is 0. The topological polar surface area (TPSA) is 66.6 Å². The highest BCUT2D eigenvalue weighted by molar-refractivity contribution is 7.89. The van der Waals surface area contributed by atoms with Gasteiger partial charge in [0.25, 0.3) is 0 Å². The zero-order valence-electron chi connectivity index (χ0n) is 13.1. The molecular weight excluding hydrogens is 274 g/mol. The third-order valence-electron chi connectivity index (χ3n) is 2.90. The molecule has 114 valence electrons. The summed E-state index contributed by atoms with van der Waals surface area (Å²) in [5.74, 6) is 0. The van der Waals surface area contributed by atoms with E-state index in [-0.39, 0.29) is 10.3 Å². The second-order valence-electron chi connectivity index (χ2n) is 6.42. The van der Waals surface area contributed by atoms with Gasteiger partial charge in [0, 0.05) is 27.7 Å². The molecule has 0 amide bonds. The normalized spacial score (nSPS) is 12.8. The molecule has 0 fully saturated rings. The number of nitrogen functional groups attached to an aromatic ring is 1. The Morgan fingerprint density at radius 1 is 1.15 bits per heavy atom. The fraction of sp³-hybridized carbons (Fsp3) is 0.571. The smallest absolute Gasteiger partial charge is 0.242 e. The highest BCUT2D eigenvalue weighted by atomic mass is 32.2. The number of rotatable bonds is 4. The van der Waals surface area contributed by atoms with E-state index in [2.05, 4.69) is 20.8 Å². The van der Waals surface area contributed by atoms with Crippen molar-refractivity contribution in [2.75, 3.05) is 38.3 Å². The van der Waals surface area contributed by atoms with Crippen molar-refractivity contribution in [2.24, 2.45) is 5.41 Å². The quantitative estimate of drug-likeness (QED) is 0.864. The van der Waals surface area contributed by atoms with E-state index in [4.69, 9.17) is 5.73 Å². The van der Waals surface area contributed by atoms with Gasteiger partial charge in [-0.25, -0.2) is 12.7 Å². The highest BCUT2D eigenvalue weighted by Crippen LogP contribution is 2.28. The summed E-state index contributed by atoms with van der Waals surface area (Å²) in [4.78, 5) is 2.26. The molecule has 0 aliphatic rings. The SMILES string of the molecule is CN(CC(C)(C)C)c1ccc(S(=O)(=O)N(C)C)cc1N. The standard InChI is InChI=1S/C14H25N3O2S/c1-14(2,3)10-17(6)13-8-7-11(9-12(13)15)20(18,19)16(4)5/h7-9H,10,15H2,1-6H3. The Labute approximate surface area is 122 Å². The van der Waals surface area contributed by atoms with Gasteiger partial charge in [-0.05, 0) is 23.6 Å². The second kappa shape index (κ2) is 5.61. The minimum Gasteiger partial charge on any atom is -0.397 e. The Morgan fingerprint density at radius 2 is 1.70 bits per heavy atom. The number of hydrogen-bond acceptors (Lipinski definition) is 4. The van der Waals surface area contributed by atoms with Crippen LogP contribution in [0.1, 0.15) is 20.8 Å². The lowest BCUT2D eigenvalue weighted by atomic mass is 9.96. The van der Waals surface area contributed by atoms with Crippen molar-refractivity contribution in [1.29, 1.82) is 0 Å². The fourth-order valence-electron chi connectivity index (χ4n) is 2.05. The van der Waals surface area contributed by atoms with Crippen LogP contribution >= 0.6 is 0 Å². The number of anilines is 2. The number of nitrogens with zero attached hydrogens (tertiary/aromatic N) is 2. The van der Waals surface area contributed by atoms with Crippen molar-refractivity contribution in [3.63, 3.8) is 0 Å². The molecule has 0 radical (unpaired) electrons. The van der Waals surface area contributed by atoms with Crippen LogP contribution in [0.4, 0.5) is 11.4 Å². The van der Waals surface area contributed by atoms with Crippen molar-refractivity contribution in [3.8, 4) is 0 Å². The molecule has 0 aliphatic heterocycles. The fourth-order valence-corrected chi connectivity index (χ4v) is 2.99. The summed E-state index contributed by atoms with van der Waals surface area (Å²) in [6.45, 7) is 7.26. The zero-order valence-corrected chi connectivity index (χ0v) is 14.0. The van der Waals surface area contributed by atoms with Crippen molar-refractivity contribution < 1.29 is 8.42 Å². The Morgan fingerprint density at radius 3 is 2.10 bits per heavy atom. The Balaban J connectivity index is 3.12. The summed E-state index contributed by atoms with van der Waals surface area (Å²) < 4.78 is 25.3. The molecule has 0 aromatic heterocycles. The third-order valence-corrected chi connectivity index (χ3v) is 4.71. The van der Waals surface area contributed by atoms with Gasteiger partial charge in [-0.1, -0.05) is 20.8 Å². The van der Waals surface area contributed by atoms with Gasteiger partial charge in [-0.15, -0.1) is 0 Å². The van der Waals surface area contributed by atoms with E-state index in [9.17, 15) is 8.42 Å². The monoisotopic (exact) mass is 299 g/mol. The summed E-state index contributed by atoms with van der Waals surface area (Å²) in [6, 6.07) is 4.88. The predicted molar refractivity (Wildman–Crippen MR) is 84.5 cm³/mol. The van der Waals surface area contributed by atoms with E-state index in [0.29, 0.717) is 5.69 Å². The third kappa shape index (κ3) is 3.86. The van der Waals surface area contributed by atoms with E-state index in [1.807, 2.05) is 11.9 Å². The minimum atomic E-state index is -3.44. The lowest BCUT2D eigenvalue weighted by molar-refractivity contribution is 0.419. The number of nitrogens with two attached hydrogens (primary N) is 1. The molecule has 5 nitrogen and oxygen atoms in total. The van der Waals surface area contributed by atoms with Crippen LogP contribution in [0.2, 0.25) is 0 Å². The average molecular weight is 299 g/mol. The van der Waals surface area contributed by atoms with Gasteiger partial charge < -0.3 is 10.6 Å². The molecule has 20 heavy (non-hydrogen) atoms. The van der Waals surface area contributed by atoms with Crippen molar-refractivity contribution in [3.05, 3.63) is 18.2 Å². The average Bonchev–Trinajstić information content (AvgIpc) is 2.25. The van der Waals surface area contributed by atoms with E-state index >= 15 is 0 Å². The van der Waals surface area contributed by atoms with Gasteiger partial charge in [0.2, 0.25) is 10.0 Å². The van der Waals surface area contributed by atoms with Gasteiger partial charge in [-0.3, -0.25) is 0 Å². The number of hydrogen-bond donors (Lipinski definition) is 1. The van der Waals surface area contributed by atoms with Crippen LogP contribution in [0, 0.1) is 5.41 Å². The first-order chi connectivity index (χ1) is 8.95. The van der Waals surface area contributed by atoms with Crippen LogP contribution in [0.5, 0.6) is 0 Å². The second-order valence-corrected chi connectivity index (χ2v) is 8.58. The van der Waals surface area contributed by atoms with E-state index < -0.39 is 10.0 Å². The molecule has 1 aromatic rings. The Hall–Kier alpha value is -1.27. The Kier molecular flexibility index (Phi) is 4.71. The van der Waals surface area contributed by atoms with E-state index in [1.54, 1.807) is 12.1 Å². The molecule has 0 bridgehead atoms. The molecule has 0 saturated carbocycles. The largest absolute Gasteiger partial charge is 0.397 e. The molecule has 1 rings (SSSR count). The summed E-state index contributed by atoms with van der Waals surface area (Å²) >= 11 is 0. The van der Waals surface area contributed by atoms with Crippen LogP contribution in [0.15, 0.2) is 23.1 Å². The van der Waals surface area contributed by atoms with Crippen LogP contribution in [0.3, 0.4) is 0 Å². The van der Waals surface area contributed by atoms with Crippen molar-refractivity contribution >= 4 is 21.4 Å². The zero-order chi connectivity index (χ0) is 15.7. The summed E-state index contributed by atoms with van der Waals surface area (Å²) in [5, 5.41) is 0. The van der Waals surface area contributed by atoms with Crippen LogP contribution in [0.25, 0.3) is 0 Å². The molecular formula is C14H25N3O2S. The minimum absolute atomic E-state index is 0.134. The number of benzene rings is 1. The summed E-state index contributed by atoms with van der Waals surface area (Å²) in [7, 11) is 1.52. The predicted octanol–water partition coefficient (Wildman–Crippen LogP) is 2.00. The number of sulfonamides is 1. The van der Waals surface area contributed by atoms with E-state index in [0.717, 1.165) is 12.2 Å². The maximum absolute atomic E-state index is 12.1. The first-order valence-electron chi connectivity index (χ1n) is 6.48. The molecule has 0 heterocycles. The van der Waals surface area contributed by atoms with Gasteiger partial charge >= 0.3 is 0 Å². The van der Waals surface area contributed by atoms with Crippen molar-refractivity contribution in [2.45, 2.75) is 25.7 Å². The molecule has 1 aromatic carbocycles. The molecule has 0 spiro atoms. The molecule has 6 heteroatoms. The van der Waals surface area contributed by atoms with Gasteiger partial charge in [-0.2, -0.15) is 0 Å². The lowest BCUT2D eigenvalue weighted by Crippen LogP contribution is -2.29. The van der Waals surface area contributed by atoms with Crippen LogP contribution < -0.4 is 10.6 Å². The van der Waals surface area contributed by atoms with Gasteiger partial charge in [0.1, 0.15) is 0 Å². The highest BCUT2D eigenvalue weighted by Gasteiger charge is 2.20. The van der Waals surface area contributed by atoms with Crippen LogP contribution in [-0.4, -0.2) is 40.4 Å². The molecule has 0 unspecified atom stereocenters. The van der Waals surface area contributed by atoms with Gasteiger partial charge in [0.15, 0.2) is 0 Å². The first kappa shape index (κ1) is 16.8. The molecule has 0 atom stereocenters. The van der Waals surface area contributed by atoms with Gasteiger partial charge in [0.05, 0.1) is 16.3 Å². The first-order valence-corrected chi connectivity index (χ1v) is 7.92. The Bertz CT molecular complexity index is 575. The lowest BCUT2D eigenvalue weighted by Gasteiger charge is -2.29.